The standard InChI is InChI=1S/C17H23F3N2O/c18-17(19,20)15-5-1-3-13(11-15)4-2-6-16(23)22-10-8-14-7-9-21-12-14/h1,3,5,11,14,21H,2,4,6-10,12H2,(H,22,23). The van der Waals surface area contributed by atoms with Gasteiger partial charge in [0.2, 0.25) is 5.91 Å². The van der Waals surface area contributed by atoms with E-state index in [1.54, 1.807) is 6.07 Å². The second kappa shape index (κ2) is 8.34. The van der Waals surface area contributed by atoms with Crippen molar-refractivity contribution in [1.29, 1.82) is 0 Å². The van der Waals surface area contributed by atoms with Crippen molar-refractivity contribution in [3.63, 3.8) is 0 Å². The van der Waals surface area contributed by atoms with Crippen LogP contribution in [-0.4, -0.2) is 25.5 Å². The molecule has 1 aromatic rings. The van der Waals surface area contributed by atoms with E-state index in [9.17, 15) is 18.0 Å². The van der Waals surface area contributed by atoms with E-state index in [-0.39, 0.29) is 5.91 Å². The molecule has 23 heavy (non-hydrogen) atoms. The van der Waals surface area contributed by atoms with Gasteiger partial charge in [0.25, 0.3) is 0 Å². The Morgan fingerprint density at radius 1 is 1.35 bits per heavy atom. The van der Waals surface area contributed by atoms with E-state index in [0.29, 0.717) is 37.3 Å². The van der Waals surface area contributed by atoms with Gasteiger partial charge in [0.05, 0.1) is 5.56 Å². The number of aryl methyl sites for hydroxylation is 1. The summed E-state index contributed by atoms with van der Waals surface area (Å²) in [6.07, 6.45) is -0.804. The Labute approximate surface area is 134 Å². The van der Waals surface area contributed by atoms with E-state index in [1.807, 2.05) is 0 Å². The van der Waals surface area contributed by atoms with E-state index in [1.165, 1.54) is 6.07 Å². The first-order valence-electron chi connectivity index (χ1n) is 8.08. The van der Waals surface area contributed by atoms with Crippen molar-refractivity contribution in [2.24, 2.45) is 5.92 Å². The van der Waals surface area contributed by atoms with Gasteiger partial charge in [0.1, 0.15) is 0 Å². The molecule has 128 valence electrons. The van der Waals surface area contributed by atoms with E-state index >= 15 is 0 Å². The molecule has 1 saturated heterocycles. The summed E-state index contributed by atoms with van der Waals surface area (Å²) in [7, 11) is 0. The van der Waals surface area contributed by atoms with Crippen LogP contribution >= 0.6 is 0 Å². The van der Waals surface area contributed by atoms with Crippen LogP contribution in [0.25, 0.3) is 0 Å². The molecule has 1 fully saturated rings. The SMILES string of the molecule is O=C(CCCc1cccc(C(F)(F)F)c1)NCCC1CCNC1. The van der Waals surface area contributed by atoms with Crippen LogP contribution in [0.4, 0.5) is 13.2 Å². The fourth-order valence-electron chi connectivity index (χ4n) is 2.82. The minimum absolute atomic E-state index is 0.0251. The summed E-state index contributed by atoms with van der Waals surface area (Å²) in [5.41, 5.74) is -0.0192. The molecule has 0 aliphatic carbocycles. The molecule has 1 amide bonds. The van der Waals surface area contributed by atoms with Gasteiger partial charge in [-0.25, -0.2) is 0 Å². The van der Waals surface area contributed by atoms with Crippen LogP contribution in [0.3, 0.4) is 0 Å². The maximum atomic E-state index is 12.6. The van der Waals surface area contributed by atoms with Crippen LogP contribution in [0, 0.1) is 5.92 Å². The zero-order valence-electron chi connectivity index (χ0n) is 13.1. The normalized spacial score (nSPS) is 18.1. The van der Waals surface area contributed by atoms with Crippen molar-refractivity contribution in [1.82, 2.24) is 10.6 Å². The summed E-state index contributed by atoms with van der Waals surface area (Å²) in [4.78, 5) is 11.7. The number of rotatable bonds is 7. The van der Waals surface area contributed by atoms with Gasteiger partial charge in [-0.3, -0.25) is 4.79 Å². The Morgan fingerprint density at radius 3 is 2.87 bits per heavy atom. The largest absolute Gasteiger partial charge is 0.416 e. The molecular formula is C17H23F3N2O. The number of benzene rings is 1. The van der Waals surface area contributed by atoms with Crippen molar-refractivity contribution < 1.29 is 18.0 Å². The lowest BCUT2D eigenvalue weighted by Crippen LogP contribution is -2.26. The predicted molar refractivity (Wildman–Crippen MR) is 83.0 cm³/mol. The summed E-state index contributed by atoms with van der Waals surface area (Å²) >= 11 is 0. The molecule has 1 aromatic carbocycles. The van der Waals surface area contributed by atoms with Gasteiger partial charge in [-0.05, 0) is 56.3 Å². The summed E-state index contributed by atoms with van der Waals surface area (Å²) < 4.78 is 37.9. The number of carbonyl (C=O) groups is 1. The van der Waals surface area contributed by atoms with Gasteiger partial charge in [0.15, 0.2) is 0 Å². The second-order valence-corrected chi connectivity index (χ2v) is 6.05. The molecule has 2 N–H and O–H groups in total. The molecule has 1 aliphatic rings. The first-order valence-corrected chi connectivity index (χ1v) is 8.08. The van der Waals surface area contributed by atoms with E-state index in [4.69, 9.17) is 0 Å². The Bertz CT molecular complexity index is 511. The third kappa shape index (κ3) is 6.22. The van der Waals surface area contributed by atoms with E-state index < -0.39 is 11.7 Å². The number of hydrogen-bond acceptors (Lipinski definition) is 2. The molecule has 1 heterocycles. The number of hydrogen-bond donors (Lipinski definition) is 2. The minimum Gasteiger partial charge on any atom is -0.356 e. The van der Waals surface area contributed by atoms with Gasteiger partial charge in [0, 0.05) is 13.0 Å². The van der Waals surface area contributed by atoms with Crippen LogP contribution in [0.2, 0.25) is 0 Å². The van der Waals surface area contributed by atoms with E-state index in [0.717, 1.165) is 38.1 Å². The highest BCUT2D eigenvalue weighted by atomic mass is 19.4. The first kappa shape index (κ1) is 17.8. The first-order chi connectivity index (χ1) is 10.9. The molecule has 0 saturated carbocycles. The number of nitrogens with one attached hydrogen (secondary N) is 2. The van der Waals surface area contributed by atoms with Crippen molar-refractivity contribution in [2.45, 2.75) is 38.3 Å². The van der Waals surface area contributed by atoms with Crippen LogP contribution in [0.5, 0.6) is 0 Å². The fourth-order valence-corrected chi connectivity index (χ4v) is 2.82. The molecule has 0 aromatic heterocycles. The Morgan fingerprint density at radius 2 is 2.17 bits per heavy atom. The summed E-state index contributed by atoms with van der Waals surface area (Å²) in [6, 6.07) is 5.30. The number of amides is 1. The molecule has 2 rings (SSSR count). The average Bonchev–Trinajstić information content (AvgIpc) is 3.00. The van der Waals surface area contributed by atoms with Crippen molar-refractivity contribution in [3.8, 4) is 0 Å². The maximum Gasteiger partial charge on any atom is 0.416 e. The molecule has 0 bridgehead atoms. The van der Waals surface area contributed by atoms with Crippen LogP contribution in [-0.2, 0) is 17.4 Å². The molecule has 0 radical (unpaired) electrons. The zero-order chi connectivity index (χ0) is 16.7. The maximum absolute atomic E-state index is 12.6. The lowest BCUT2D eigenvalue weighted by Gasteiger charge is -2.10. The topological polar surface area (TPSA) is 41.1 Å². The van der Waals surface area contributed by atoms with Crippen LogP contribution in [0.1, 0.15) is 36.8 Å². The molecule has 6 heteroatoms. The number of carbonyl (C=O) groups excluding carboxylic acids is 1. The molecule has 0 spiro atoms. The third-order valence-electron chi connectivity index (χ3n) is 4.16. The Balaban J connectivity index is 1.65. The predicted octanol–water partition coefficient (Wildman–Crippen LogP) is 3.14. The highest BCUT2D eigenvalue weighted by Crippen LogP contribution is 2.29. The highest BCUT2D eigenvalue weighted by Gasteiger charge is 2.30. The summed E-state index contributed by atoms with van der Waals surface area (Å²) in [6.45, 7) is 2.75. The highest BCUT2D eigenvalue weighted by molar-refractivity contribution is 5.75. The molecule has 1 aliphatic heterocycles. The minimum atomic E-state index is -4.32. The Hall–Kier alpha value is -1.56. The van der Waals surface area contributed by atoms with Gasteiger partial charge < -0.3 is 10.6 Å². The van der Waals surface area contributed by atoms with Gasteiger partial charge in [-0.1, -0.05) is 18.2 Å². The van der Waals surface area contributed by atoms with Gasteiger partial charge >= 0.3 is 6.18 Å². The lowest BCUT2D eigenvalue weighted by molar-refractivity contribution is -0.137. The molecule has 3 nitrogen and oxygen atoms in total. The quantitative estimate of drug-likeness (QED) is 0.807. The number of alkyl halides is 3. The monoisotopic (exact) mass is 328 g/mol. The van der Waals surface area contributed by atoms with Gasteiger partial charge in [-0.15, -0.1) is 0 Å². The smallest absolute Gasteiger partial charge is 0.356 e. The Kier molecular flexibility index (Phi) is 6.45. The van der Waals surface area contributed by atoms with Gasteiger partial charge in [-0.2, -0.15) is 13.2 Å². The second-order valence-electron chi connectivity index (χ2n) is 6.05. The molecular weight excluding hydrogens is 305 g/mol. The fraction of sp³-hybridized carbons (Fsp3) is 0.588. The summed E-state index contributed by atoms with van der Waals surface area (Å²) in [5.74, 6) is 0.614. The zero-order valence-corrected chi connectivity index (χ0v) is 13.1. The third-order valence-corrected chi connectivity index (χ3v) is 4.16. The van der Waals surface area contributed by atoms with Crippen molar-refractivity contribution >= 4 is 5.91 Å². The van der Waals surface area contributed by atoms with Crippen LogP contribution in [0.15, 0.2) is 24.3 Å². The number of halogens is 3. The lowest BCUT2D eigenvalue weighted by atomic mass is 10.0. The van der Waals surface area contributed by atoms with E-state index in [2.05, 4.69) is 10.6 Å². The summed E-state index contributed by atoms with van der Waals surface area (Å²) in [5, 5.41) is 6.17. The van der Waals surface area contributed by atoms with Crippen molar-refractivity contribution in [3.05, 3.63) is 35.4 Å². The van der Waals surface area contributed by atoms with Crippen LogP contribution < -0.4 is 10.6 Å². The molecule has 1 unspecified atom stereocenters. The molecule has 1 atom stereocenters. The van der Waals surface area contributed by atoms with Crippen molar-refractivity contribution in [2.75, 3.05) is 19.6 Å². The average molecular weight is 328 g/mol.